The van der Waals surface area contributed by atoms with Gasteiger partial charge in [0.05, 0.1) is 18.6 Å². The Labute approximate surface area is 112 Å². The van der Waals surface area contributed by atoms with Gasteiger partial charge in [0.2, 0.25) is 0 Å². The van der Waals surface area contributed by atoms with Gasteiger partial charge in [0.15, 0.2) is 0 Å². The van der Waals surface area contributed by atoms with Crippen molar-refractivity contribution in [3.63, 3.8) is 0 Å². The zero-order valence-electron chi connectivity index (χ0n) is 10.4. The molecule has 0 bridgehead atoms. The molecule has 1 fully saturated rings. The van der Waals surface area contributed by atoms with Gasteiger partial charge in [-0.25, -0.2) is 0 Å². The fraction of sp³-hybridized carbons (Fsp3) is 0.500. The maximum Gasteiger partial charge on any atom is 0.122 e. The Morgan fingerprint density at radius 2 is 2.17 bits per heavy atom. The van der Waals surface area contributed by atoms with Crippen molar-refractivity contribution in [2.24, 2.45) is 5.41 Å². The van der Waals surface area contributed by atoms with Gasteiger partial charge in [0, 0.05) is 18.2 Å². The molecule has 0 radical (unpaired) electrons. The number of benzene rings is 1. The second-order valence-electron chi connectivity index (χ2n) is 4.64. The van der Waals surface area contributed by atoms with Crippen molar-refractivity contribution in [1.82, 2.24) is 0 Å². The van der Waals surface area contributed by atoms with Gasteiger partial charge < -0.3 is 9.47 Å². The van der Waals surface area contributed by atoms with Crippen molar-refractivity contribution < 1.29 is 9.47 Å². The van der Waals surface area contributed by atoms with Gasteiger partial charge in [0.1, 0.15) is 5.75 Å². The second kappa shape index (κ2) is 5.60. The van der Waals surface area contributed by atoms with E-state index in [-0.39, 0.29) is 5.41 Å². The maximum absolute atomic E-state index is 9.46. The molecule has 1 aliphatic rings. The smallest absolute Gasteiger partial charge is 0.122 e. The van der Waals surface area contributed by atoms with Crippen molar-refractivity contribution in [2.45, 2.75) is 19.3 Å². The van der Waals surface area contributed by atoms with Gasteiger partial charge in [0.25, 0.3) is 0 Å². The molecule has 4 heteroatoms. The van der Waals surface area contributed by atoms with Crippen LogP contribution in [-0.4, -0.2) is 20.3 Å². The van der Waals surface area contributed by atoms with E-state index in [0.29, 0.717) is 24.7 Å². The number of nitrogens with zero attached hydrogens (tertiary/aromatic N) is 1. The van der Waals surface area contributed by atoms with Crippen molar-refractivity contribution >= 4 is 11.6 Å². The molecule has 2 rings (SSSR count). The lowest BCUT2D eigenvalue weighted by Gasteiger charge is -2.31. The van der Waals surface area contributed by atoms with E-state index in [1.54, 1.807) is 13.2 Å². The number of rotatable bonds is 3. The minimum atomic E-state index is -0.351. The van der Waals surface area contributed by atoms with Crippen LogP contribution < -0.4 is 4.74 Å². The van der Waals surface area contributed by atoms with Gasteiger partial charge >= 0.3 is 0 Å². The molecular weight excluding hydrogens is 250 g/mol. The molecule has 1 heterocycles. The van der Waals surface area contributed by atoms with Gasteiger partial charge in [-0.05, 0) is 43.0 Å². The van der Waals surface area contributed by atoms with Crippen LogP contribution in [0.25, 0.3) is 0 Å². The summed E-state index contributed by atoms with van der Waals surface area (Å²) in [4.78, 5) is 0. The first-order valence-electron chi connectivity index (χ1n) is 6.00. The number of hydrogen-bond acceptors (Lipinski definition) is 3. The lowest BCUT2D eigenvalue weighted by molar-refractivity contribution is 0.0404. The molecule has 3 nitrogen and oxygen atoms in total. The first kappa shape index (κ1) is 13.2. The number of nitriles is 1. The summed E-state index contributed by atoms with van der Waals surface area (Å²) in [6.07, 6.45) is 2.19. The van der Waals surface area contributed by atoms with Gasteiger partial charge in [-0.3, -0.25) is 0 Å². The van der Waals surface area contributed by atoms with Crippen LogP contribution in [0, 0.1) is 16.7 Å². The molecular formula is C14H16ClNO2. The average molecular weight is 266 g/mol. The number of hydrogen-bond donors (Lipinski definition) is 0. The van der Waals surface area contributed by atoms with E-state index in [2.05, 4.69) is 6.07 Å². The molecule has 1 aromatic carbocycles. The molecule has 0 unspecified atom stereocenters. The standard InChI is InChI=1S/C14H16ClNO2/c1-17-13-3-2-12(15)8-11(13)9-14(10-16)4-6-18-7-5-14/h2-3,8H,4-7,9H2,1H3. The summed E-state index contributed by atoms with van der Waals surface area (Å²) in [5.41, 5.74) is 0.643. The minimum Gasteiger partial charge on any atom is -0.496 e. The summed E-state index contributed by atoms with van der Waals surface area (Å²) >= 11 is 6.02. The van der Waals surface area contributed by atoms with Gasteiger partial charge in [-0.2, -0.15) is 5.26 Å². The third kappa shape index (κ3) is 2.77. The number of ether oxygens (including phenoxy) is 2. The molecule has 1 aliphatic heterocycles. The van der Waals surface area contributed by atoms with Crippen LogP contribution in [0.3, 0.4) is 0 Å². The highest BCUT2D eigenvalue weighted by Crippen LogP contribution is 2.36. The summed E-state index contributed by atoms with van der Waals surface area (Å²) in [5.74, 6) is 0.792. The predicted octanol–water partition coefficient (Wildman–Crippen LogP) is 3.21. The van der Waals surface area contributed by atoms with E-state index in [1.165, 1.54) is 0 Å². The third-order valence-corrected chi connectivity index (χ3v) is 3.69. The van der Waals surface area contributed by atoms with E-state index in [1.807, 2.05) is 12.1 Å². The quantitative estimate of drug-likeness (QED) is 0.843. The Bertz CT molecular complexity index is 461. The van der Waals surface area contributed by atoms with Crippen LogP contribution in [0.4, 0.5) is 0 Å². The summed E-state index contributed by atoms with van der Waals surface area (Å²) < 4.78 is 10.7. The van der Waals surface area contributed by atoms with Crippen LogP contribution >= 0.6 is 11.6 Å². The Morgan fingerprint density at radius 1 is 1.44 bits per heavy atom. The van der Waals surface area contributed by atoms with Crippen LogP contribution in [-0.2, 0) is 11.2 Å². The molecule has 0 spiro atoms. The van der Waals surface area contributed by atoms with E-state index in [9.17, 15) is 5.26 Å². The molecule has 1 saturated heterocycles. The fourth-order valence-electron chi connectivity index (χ4n) is 2.34. The van der Waals surface area contributed by atoms with Crippen LogP contribution in [0.1, 0.15) is 18.4 Å². The molecule has 0 atom stereocenters. The second-order valence-corrected chi connectivity index (χ2v) is 5.07. The van der Waals surface area contributed by atoms with Gasteiger partial charge in [-0.1, -0.05) is 11.6 Å². The first-order chi connectivity index (χ1) is 8.69. The number of halogens is 1. The molecule has 0 N–H and O–H groups in total. The lowest BCUT2D eigenvalue weighted by atomic mass is 9.76. The molecule has 0 aliphatic carbocycles. The fourth-order valence-corrected chi connectivity index (χ4v) is 2.53. The zero-order valence-corrected chi connectivity index (χ0v) is 11.2. The van der Waals surface area contributed by atoms with Crippen molar-refractivity contribution in [1.29, 1.82) is 5.26 Å². The normalized spacial score (nSPS) is 18.1. The highest BCUT2D eigenvalue weighted by atomic mass is 35.5. The molecule has 96 valence electrons. The van der Waals surface area contributed by atoms with Crippen molar-refractivity contribution in [2.75, 3.05) is 20.3 Å². The lowest BCUT2D eigenvalue weighted by Crippen LogP contribution is -2.30. The Kier molecular flexibility index (Phi) is 4.11. The monoisotopic (exact) mass is 265 g/mol. The van der Waals surface area contributed by atoms with Gasteiger partial charge in [-0.15, -0.1) is 0 Å². The molecule has 0 saturated carbocycles. The average Bonchev–Trinajstić information content (AvgIpc) is 2.40. The molecule has 18 heavy (non-hydrogen) atoms. The molecule has 1 aromatic rings. The topological polar surface area (TPSA) is 42.2 Å². The Balaban J connectivity index is 2.26. The highest BCUT2D eigenvalue weighted by molar-refractivity contribution is 6.30. The van der Waals surface area contributed by atoms with Crippen LogP contribution in [0.5, 0.6) is 5.75 Å². The van der Waals surface area contributed by atoms with Crippen LogP contribution in [0.15, 0.2) is 18.2 Å². The highest BCUT2D eigenvalue weighted by Gasteiger charge is 2.33. The first-order valence-corrected chi connectivity index (χ1v) is 6.38. The van der Waals surface area contributed by atoms with E-state index in [4.69, 9.17) is 21.1 Å². The Hall–Kier alpha value is -1.24. The summed E-state index contributed by atoms with van der Waals surface area (Å²) in [6.45, 7) is 1.30. The molecule has 0 aromatic heterocycles. The maximum atomic E-state index is 9.46. The number of methoxy groups -OCH3 is 1. The zero-order chi connectivity index (χ0) is 13.0. The van der Waals surface area contributed by atoms with Crippen LogP contribution in [0.2, 0.25) is 5.02 Å². The van der Waals surface area contributed by atoms with E-state index < -0.39 is 0 Å². The van der Waals surface area contributed by atoms with E-state index >= 15 is 0 Å². The van der Waals surface area contributed by atoms with Crippen molar-refractivity contribution in [3.05, 3.63) is 28.8 Å². The summed E-state index contributed by atoms with van der Waals surface area (Å²) in [6, 6.07) is 7.99. The minimum absolute atomic E-state index is 0.351. The van der Waals surface area contributed by atoms with Crippen molar-refractivity contribution in [3.8, 4) is 11.8 Å². The SMILES string of the molecule is COc1ccc(Cl)cc1CC1(C#N)CCOCC1. The molecule has 0 amide bonds. The summed E-state index contributed by atoms with van der Waals surface area (Å²) in [7, 11) is 1.63. The third-order valence-electron chi connectivity index (χ3n) is 3.46. The van der Waals surface area contributed by atoms with E-state index in [0.717, 1.165) is 24.2 Å². The predicted molar refractivity (Wildman–Crippen MR) is 69.8 cm³/mol. The largest absolute Gasteiger partial charge is 0.496 e. The Morgan fingerprint density at radius 3 is 2.78 bits per heavy atom. The summed E-state index contributed by atoms with van der Waals surface area (Å²) in [5, 5.41) is 10.1.